The van der Waals surface area contributed by atoms with Gasteiger partial charge in [-0.25, -0.2) is 0 Å². The van der Waals surface area contributed by atoms with E-state index in [1.54, 1.807) is 0 Å². The zero-order valence-electron chi connectivity index (χ0n) is 9.01. The molecular formula is C11H23NS. The quantitative estimate of drug-likeness (QED) is 0.709. The monoisotopic (exact) mass is 201 g/mol. The maximum Gasteiger partial charge on any atom is 0.00745 e. The highest BCUT2D eigenvalue weighted by atomic mass is 32.2. The molecule has 0 radical (unpaired) electrons. The molecule has 0 bridgehead atoms. The van der Waals surface area contributed by atoms with Gasteiger partial charge in [-0.05, 0) is 37.8 Å². The van der Waals surface area contributed by atoms with Crippen molar-refractivity contribution in [3.63, 3.8) is 0 Å². The minimum atomic E-state index is 0.774. The van der Waals surface area contributed by atoms with E-state index < -0.39 is 0 Å². The molecular weight excluding hydrogens is 178 g/mol. The van der Waals surface area contributed by atoms with Gasteiger partial charge in [-0.1, -0.05) is 25.7 Å². The Labute approximate surface area is 87.1 Å². The molecule has 78 valence electrons. The van der Waals surface area contributed by atoms with E-state index in [2.05, 4.69) is 18.6 Å². The average molecular weight is 201 g/mol. The summed E-state index contributed by atoms with van der Waals surface area (Å²) >= 11 is 1.96. The highest BCUT2D eigenvalue weighted by molar-refractivity contribution is 7.98. The summed E-state index contributed by atoms with van der Waals surface area (Å²) in [6.07, 6.45) is 10.9. The molecule has 2 heteroatoms. The van der Waals surface area contributed by atoms with Crippen LogP contribution in [0.5, 0.6) is 0 Å². The molecule has 1 N–H and O–H groups in total. The lowest BCUT2D eigenvalue weighted by atomic mass is 9.97. The van der Waals surface area contributed by atoms with Crippen LogP contribution in [0.3, 0.4) is 0 Å². The lowest BCUT2D eigenvalue weighted by Crippen LogP contribution is -2.27. The predicted molar refractivity (Wildman–Crippen MR) is 62.4 cm³/mol. The Hall–Kier alpha value is 0.310. The van der Waals surface area contributed by atoms with Gasteiger partial charge >= 0.3 is 0 Å². The second kappa shape index (κ2) is 6.72. The normalized spacial score (nSPS) is 20.8. The standard InChI is InChI=1S/C11H23NS/c1-12-11(7-8-13-2)9-10-5-3-4-6-10/h10-12H,3-9H2,1-2H3. The SMILES string of the molecule is CNC(CCSC)CC1CCCC1. The van der Waals surface area contributed by atoms with E-state index in [0.29, 0.717) is 0 Å². The number of hydrogen-bond acceptors (Lipinski definition) is 2. The molecule has 0 saturated heterocycles. The number of nitrogens with one attached hydrogen (secondary N) is 1. The van der Waals surface area contributed by atoms with E-state index in [0.717, 1.165) is 12.0 Å². The maximum absolute atomic E-state index is 3.45. The van der Waals surface area contributed by atoms with Crippen molar-refractivity contribution in [2.24, 2.45) is 5.92 Å². The molecule has 1 nitrogen and oxygen atoms in total. The zero-order chi connectivity index (χ0) is 9.52. The predicted octanol–water partition coefficient (Wildman–Crippen LogP) is 2.91. The van der Waals surface area contributed by atoms with Crippen molar-refractivity contribution >= 4 is 11.8 Å². The third-order valence-corrected chi connectivity index (χ3v) is 3.82. The molecule has 0 spiro atoms. The molecule has 1 aliphatic carbocycles. The third kappa shape index (κ3) is 4.37. The largest absolute Gasteiger partial charge is 0.317 e. The maximum atomic E-state index is 3.45. The van der Waals surface area contributed by atoms with E-state index in [1.807, 2.05) is 11.8 Å². The van der Waals surface area contributed by atoms with Gasteiger partial charge in [0.15, 0.2) is 0 Å². The number of rotatable bonds is 6. The molecule has 1 unspecified atom stereocenters. The van der Waals surface area contributed by atoms with Crippen molar-refractivity contribution in [3.8, 4) is 0 Å². The lowest BCUT2D eigenvalue weighted by Gasteiger charge is -2.19. The molecule has 1 atom stereocenters. The molecule has 0 aliphatic heterocycles. The van der Waals surface area contributed by atoms with Crippen LogP contribution < -0.4 is 5.32 Å². The summed E-state index contributed by atoms with van der Waals surface area (Å²) in [5.41, 5.74) is 0. The van der Waals surface area contributed by atoms with Gasteiger partial charge in [-0.2, -0.15) is 11.8 Å². The van der Waals surface area contributed by atoms with Crippen LogP contribution in [0.15, 0.2) is 0 Å². The first-order chi connectivity index (χ1) is 6.36. The van der Waals surface area contributed by atoms with Gasteiger partial charge in [-0.3, -0.25) is 0 Å². The lowest BCUT2D eigenvalue weighted by molar-refractivity contribution is 0.399. The van der Waals surface area contributed by atoms with E-state index in [4.69, 9.17) is 0 Å². The van der Waals surface area contributed by atoms with Crippen LogP contribution in [-0.2, 0) is 0 Å². The molecule has 0 aromatic heterocycles. The molecule has 13 heavy (non-hydrogen) atoms. The van der Waals surface area contributed by atoms with Crippen LogP contribution in [0.25, 0.3) is 0 Å². The van der Waals surface area contributed by atoms with Crippen molar-refractivity contribution in [2.45, 2.75) is 44.6 Å². The van der Waals surface area contributed by atoms with Gasteiger partial charge in [0.2, 0.25) is 0 Å². The number of hydrogen-bond donors (Lipinski definition) is 1. The van der Waals surface area contributed by atoms with Crippen molar-refractivity contribution in [2.75, 3.05) is 19.1 Å². The van der Waals surface area contributed by atoms with Gasteiger partial charge in [-0.15, -0.1) is 0 Å². The summed E-state index contributed by atoms with van der Waals surface area (Å²) in [6, 6.07) is 0.774. The first-order valence-corrected chi connectivity index (χ1v) is 6.92. The zero-order valence-corrected chi connectivity index (χ0v) is 9.83. The van der Waals surface area contributed by atoms with E-state index in [-0.39, 0.29) is 0 Å². The molecule has 1 aliphatic rings. The minimum Gasteiger partial charge on any atom is -0.317 e. The van der Waals surface area contributed by atoms with Gasteiger partial charge in [0.05, 0.1) is 0 Å². The Morgan fingerprint density at radius 1 is 1.38 bits per heavy atom. The van der Waals surface area contributed by atoms with Crippen LogP contribution in [-0.4, -0.2) is 25.1 Å². The summed E-state index contributed by atoms with van der Waals surface area (Å²) in [7, 11) is 2.11. The van der Waals surface area contributed by atoms with Crippen LogP contribution in [0, 0.1) is 5.92 Å². The molecule has 0 aromatic carbocycles. The molecule has 1 rings (SSSR count). The molecule has 0 aromatic rings. The molecule has 1 fully saturated rings. The molecule has 0 amide bonds. The summed E-state index contributed by atoms with van der Waals surface area (Å²) in [5.74, 6) is 2.33. The summed E-state index contributed by atoms with van der Waals surface area (Å²) in [4.78, 5) is 0. The van der Waals surface area contributed by atoms with Crippen molar-refractivity contribution in [3.05, 3.63) is 0 Å². The second-order valence-corrected chi connectivity index (χ2v) is 5.14. The smallest absolute Gasteiger partial charge is 0.00745 e. The van der Waals surface area contributed by atoms with Crippen molar-refractivity contribution < 1.29 is 0 Å². The molecule has 0 heterocycles. The van der Waals surface area contributed by atoms with Crippen molar-refractivity contribution in [1.29, 1.82) is 0 Å². The molecule has 1 saturated carbocycles. The first kappa shape index (κ1) is 11.4. The Bertz CT molecular complexity index is 121. The topological polar surface area (TPSA) is 12.0 Å². The van der Waals surface area contributed by atoms with E-state index in [1.165, 1.54) is 44.3 Å². The fraction of sp³-hybridized carbons (Fsp3) is 1.00. The van der Waals surface area contributed by atoms with Gasteiger partial charge in [0.1, 0.15) is 0 Å². The Morgan fingerprint density at radius 2 is 2.08 bits per heavy atom. The second-order valence-electron chi connectivity index (χ2n) is 4.15. The van der Waals surface area contributed by atoms with Gasteiger partial charge < -0.3 is 5.32 Å². The van der Waals surface area contributed by atoms with Gasteiger partial charge in [0, 0.05) is 6.04 Å². The van der Waals surface area contributed by atoms with Crippen LogP contribution in [0.4, 0.5) is 0 Å². The van der Waals surface area contributed by atoms with Gasteiger partial charge in [0.25, 0.3) is 0 Å². The van der Waals surface area contributed by atoms with Crippen LogP contribution in [0.1, 0.15) is 38.5 Å². The Kier molecular flexibility index (Phi) is 5.88. The summed E-state index contributed by atoms with van der Waals surface area (Å²) < 4.78 is 0. The van der Waals surface area contributed by atoms with Crippen LogP contribution in [0.2, 0.25) is 0 Å². The number of thioether (sulfide) groups is 1. The summed E-state index contributed by atoms with van der Waals surface area (Å²) in [5, 5.41) is 3.45. The van der Waals surface area contributed by atoms with Crippen LogP contribution >= 0.6 is 11.8 Å². The highest BCUT2D eigenvalue weighted by Crippen LogP contribution is 2.29. The average Bonchev–Trinajstić information content (AvgIpc) is 2.64. The van der Waals surface area contributed by atoms with E-state index >= 15 is 0 Å². The fourth-order valence-electron chi connectivity index (χ4n) is 2.29. The van der Waals surface area contributed by atoms with E-state index in [9.17, 15) is 0 Å². The Morgan fingerprint density at radius 3 is 2.62 bits per heavy atom. The van der Waals surface area contributed by atoms with Crippen molar-refractivity contribution in [1.82, 2.24) is 5.32 Å². The fourth-order valence-corrected chi connectivity index (χ4v) is 2.81. The first-order valence-electron chi connectivity index (χ1n) is 5.53. The highest BCUT2D eigenvalue weighted by Gasteiger charge is 2.18. The Balaban J connectivity index is 2.13. The summed E-state index contributed by atoms with van der Waals surface area (Å²) in [6.45, 7) is 0. The third-order valence-electron chi connectivity index (χ3n) is 3.17. The minimum absolute atomic E-state index is 0.774.